The molecule has 0 aliphatic heterocycles. The lowest BCUT2D eigenvalue weighted by atomic mass is 9.87. The second-order valence-corrected chi connectivity index (χ2v) is 6.30. The van der Waals surface area contributed by atoms with E-state index in [-0.39, 0.29) is 12.2 Å². The maximum absolute atomic E-state index is 12.5. The number of carboxylic acids is 1. The third-order valence-corrected chi connectivity index (χ3v) is 3.30. The summed E-state index contributed by atoms with van der Waals surface area (Å²) < 4.78 is 10.4. The summed E-state index contributed by atoms with van der Waals surface area (Å²) in [5, 5.41) is 9.18. The molecule has 1 heterocycles. The Morgan fingerprint density at radius 3 is 2.33 bits per heavy atom. The van der Waals surface area contributed by atoms with Crippen molar-refractivity contribution < 1.29 is 23.8 Å². The molecule has 0 fully saturated rings. The van der Waals surface area contributed by atoms with Crippen LogP contribution in [0, 0.1) is 5.41 Å². The van der Waals surface area contributed by atoms with Gasteiger partial charge in [-0.25, -0.2) is 4.79 Å². The summed E-state index contributed by atoms with van der Waals surface area (Å²) in [7, 11) is 0. The fourth-order valence-electron chi connectivity index (χ4n) is 2.02. The molecule has 0 unspecified atom stereocenters. The zero-order valence-electron chi connectivity index (χ0n) is 13.7. The average Bonchev–Trinajstić information content (AvgIpc) is 2.52. The van der Waals surface area contributed by atoms with E-state index in [1.165, 1.54) is 0 Å². The second-order valence-electron chi connectivity index (χ2n) is 6.30. The normalized spacial score (nSPS) is 11.1. The number of carbonyl (C=O) groups excluding carboxylic acids is 1. The van der Waals surface area contributed by atoms with Crippen LogP contribution in [0.1, 0.15) is 47.2 Å². The van der Waals surface area contributed by atoms with Crippen LogP contribution in [-0.2, 0) is 6.61 Å². The van der Waals surface area contributed by atoms with Crippen LogP contribution in [0.15, 0.2) is 45.8 Å². The Bertz CT molecular complexity index is 812. The molecule has 0 radical (unpaired) electrons. The van der Waals surface area contributed by atoms with Crippen molar-refractivity contribution in [3.8, 4) is 5.75 Å². The lowest BCUT2D eigenvalue weighted by Crippen LogP contribution is -2.28. The van der Waals surface area contributed by atoms with Crippen LogP contribution in [0.25, 0.3) is 0 Å². The highest BCUT2D eigenvalue weighted by atomic mass is 16.5. The average molecular weight is 330 g/mol. The number of hydrogen-bond donors (Lipinski definition) is 1. The molecule has 2 rings (SSSR count). The fourth-order valence-corrected chi connectivity index (χ4v) is 2.02. The Labute approximate surface area is 138 Å². The zero-order chi connectivity index (χ0) is 17.9. The highest BCUT2D eigenvalue weighted by Crippen LogP contribution is 2.22. The number of Topliss-reactive ketones (excluding diaryl/α,β-unsaturated/α-hetero) is 1. The van der Waals surface area contributed by atoms with Gasteiger partial charge in [0.05, 0.1) is 0 Å². The topological polar surface area (TPSA) is 93.8 Å². The number of carbonyl (C=O) groups is 2. The first-order chi connectivity index (χ1) is 11.2. The molecule has 1 N–H and O–H groups in total. The van der Waals surface area contributed by atoms with E-state index < -0.39 is 34.1 Å². The lowest BCUT2D eigenvalue weighted by Gasteiger charge is -2.16. The van der Waals surface area contributed by atoms with Crippen molar-refractivity contribution in [2.75, 3.05) is 0 Å². The SMILES string of the molecule is CC(C)(C)C(=O)c1coc(C(=O)O)c(OCc2ccccc2)c1=O. The van der Waals surface area contributed by atoms with E-state index in [9.17, 15) is 19.5 Å². The Hall–Kier alpha value is -2.89. The van der Waals surface area contributed by atoms with Gasteiger partial charge in [-0.3, -0.25) is 9.59 Å². The molecule has 0 bridgehead atoms. The molecule has 0 aliphatic carbocycles. The van der Waals surface area contributed by atoms with Gasteiger partial charge in [0.25, 0.3) is 5.76 Å². The lowest BCUT2D eigenvalue weighted by molar-refractivity contribution is 0.0647. The van der Waals surface area contributed by atoms with Crippen molar-refractivity contribution in [2.45, 2.75) is 27.4 Å². The van der Waals surface area contributed by atoms with E-state index >= 15 is 0 Å². The van der Waals surface area contributed by atoms with Gasteiger partial charge in [-0.1, -0.05) is 51.1 Å². The van der Waals surface area contributed by atoms with Crippen LogP contribution >= 0.6 is 0 Å². The third-order valence-electron chi connectivity index (χ3n) is 3.30. The summed E-state index contributed by atoms with van der Waals surface area (Å²) in [6.45, 7) is 4.96. The van der Waals surface area contributed by atoms with Gasteiger partial charge in [0.1, 0.15) is 18.4 Å². The Balaban J connectivity index is 2.45. The minimum absolute atomic E-state index is 0.0148. The first kappa shape index (κ1) is 17.5. The van der Waals surface area contributed by atoms with Crippen molar-refractivity contribution >= 4 is 11.8 Å². The Morgan fingerprint density at radius 2 is 1.79 bits per heavy atom. The van der Waals surface area contributed by atoms with Crippen LogP contribution in [0.4, 0.5) is 0 Å². The molecule has 6 heteroatoms. The summed E-state index contributed by atoms with van der Waals surface area (Å²) in [6.07, 6.45) is 0.884. The molecule has 0 saturated carbocycles. The summed E-state index contributed by atoms with van der Waals surface area (Å²) in [5.41, 5.74) is -1.07. The van der Waals surface area contributed by atoms with Crippen molar-refractivity contribution in [3.05, 3.63) is 63.7 Å². The van der Waals surface area contributed by atoms with Gasteiger partial charge in [0.2, 0.25) is 11.2 Å². The molecule has 1 aromatic heterocycles. The minimum atomic E-state index is -1.44. The largest absolute Gasteiger partial charge is 0.481 e. The minimum Gasteiger partial charge on any atom is -0.481 e. The number of rotatable bonds is 5. The van der Waals surface area contributed by atoms with Gasteiger partial charge in [-0.05, 0) is 5.56 Å². The van der Waals surface area contributed by atoms with E-state index in [4.69, 9.17) is 9.15 Å². The highest BCUT2D eigenvalue weighted by molar-refractivity contribution is 6.00. The summed E-state index contributed by atoms with van der Waals surface area (Å²) in [6, 6.07) is 8.94. The molecule has 0 spiro atoms. The van der Waals surface area contributed by atoms with Crippen molar-refractivity contribution in [2.24, 2.45) is 5.41 Å². The van der Waals surface area contributed by atoms with Gasteiger partial charge in [0.15, 0.2) is 5.78 Å². The molecular weight excluding hydrogens is 312 g/mol. The van der Waals surface area contributed by atoms with E-state index in [0.717, 1.165) is 11.8 Å². The quantitative estimate of drug-likeness (QED) is 0.846. The molecule has 1 aromatic carbocycles. The van der Waals surface area contributed by atoms with E-state index in [2.05, 4.69) is 0 Å². The Morgan fingerprint density at radius 1 is 1.17 bits per heavy atom. The standard InChI is InChI=1S/C18H18O6/c1-18(2,3)16(20)12-10-24-15(17(21)22)14(13(12)19)23-9-11-7-5-4-6-8-11/h4-8,10H,9H2,1-3H3,(H,21,22). The molecule has 126 valence electrons. The molecule has 2 aromatic rings. The van der Waals surface area contributed by atoms with Gasteiger partial charge in [-0.15, -0.1) is 0 Å². The van der Waals surface area contributed by atoms with Crippen LogP contribution < -0.4 is 10.2 Å². The predicted molar refractivity (Wildman–Crippen MR) is 86.5 cm³/mol. The first-order valence-electron chi connectivity index (χ1n) is 7.32. The van der Waals surface area contributed by atoms with Crippen molar-refractivity contribution in [1.29, 1.82) is 0 Å². The highest BCUT2D eigenvalue weighted by Gasteiger charge is 2.30. The number of ketones is 1. The van der Waals surface area contributed by atoms with Gasteiger partial charge >= 0.3 is 5.97 Å². The molecule has 0 saturated heterocycles. The van der Waals surface area contributed by atoms with E-state index in [0.29, 0.717) is 0 Å². The second kappa shape index (κ2) is 6.70. The van der Waals surface area contributed by atoms with Gasteiger partial charge in [0, 0.05) is 5.41 Å². The molecular formula is C18H18O6. The fraction of sp³-hybridized carbons (Fsp3) is 0.278. The number of benzene rings is 1. The summed E-state index contributed by atoms with van der Waals surface area (Å²) in [4.78, 5) is 36.1. The third kappa shape index (κ3) is 3.71. The van der Waals surface area contributed by atoms with Crippen LogP contribution in [0.2, 0.25) is 0 Å². The number of ether oxygens (including phenoxy) is 1. The molecule has 0 aliphatic rings. The predicted octanol–water partition coefficient (Wildman–Crippen LogP) is 3.15. The molecule has 6 nitrogen and oxygen atoms in total. The first-order valence-corrected chi connectivity index (χ1v) is 7.32. The molecule has 0 atom stereocenters. The number of hydrogen-bond acceptors (Lipinski definition) is 5. The van der Waals surface area contributed by atoms with E-state index in [1.54, 1.807) is 45.0 Å². The van der Waals surface area contributed by atoms with E-state index in [1.807, 2.05) is 6.07 Å². The van der Waals surface area contributed by atoms with Crippen molar-refractivity contribution in [3.63, 3.8) is 0 Å². The van der Waals surface area contributed by atoms with Crippen LogP contribution in [0.5, 0.6) is 5.75 Å². The zero-order valence-corrected chi connectivity index (χ0v) is 13.7. The van der Waals surface area contributed by atoms with Crippen LogP contribution in [-0.4, -0.2) is 16.9 Å². The maximum atomic E-state index is 12.5. The summed E-state index contributed by atoms with van der Waals surface area (Å²) >= 11 is 0. The number of aromatic carboxylic acids is 1. The summed E-state index contributed by atoms with van der Waals surface area (Å²) in [5.74, 6) is -2.98. The van der Waals surface area contributed by atoms with Crippen molar-refractivity contribution in [1.82, 2.24) is 0 Å². The van der Waals surface area contributed by atoms with Gasteiger partial charge < -0.3 is 14.3 Å². The Kier molecular flexibility index (Phi) is 4.87. The number of carboxylic acid groups (broad SMARTS) is 1. The van der Waals surface area contributed by atoms with Crippen LogP contribution in [0.3, 0.4) is 0 Å². The van der Waals surface area contributed by atoms with Gasteiger partial charge in [-0.2, -0.15) is 0 Å². The molecule has 24 heavy (non-hydrogen) atoms. The maximum Gasteiger partial charge on any atom is 0.375 e. The molecule has 0 amide bonds. The smallest absolute Gasteiger partial charge is 0.375 e. The monoisotopic (exact) mass is 330 g/mol.